The summed E-state index contributed by atoms with van der Waals surface area (Å²) in [5.74, 6) is 0.821. The number of hydrogen-bond donors (Lipinski definition) is 1. The Hall–Kier alpha value is -0.770. The highest BCUT2D eigenvalue weighted by molar-refractivity contribution is 6.31. The molecule has 16 heavy (non-hydrogen) atoms. The van der Waals surface area contributed by atoms with Crippen molar-refractivity contribution in [2.24, 2.45) is 5.73 Å². The molecule has 0 bridgehead atoms. The van der Waals surface area contributed by atoms with Crippen LogP contribution in [0.15, 0.2) is 18.2 Å². The first-order valence-electron chi connectivity index (χ1n) is 5.43. The minimum Gasteiger partial charge on any atom is -0.496 e. The van der Waals surface area contributed by atoms with Gasteiger partial charge in [-0.05, 0) is 25.6 Å². The Morgan fingerprint density at radius 1 is 1.50 bits per heavy atom. The molecule has 1 saturated heterocycles. The molecule has 1 aliphatic rings. The third kappa shape index (κ3) is 1.90. The van der Waals surface area contributed by atoms with Gasteiger partial charge in [-0.3, -0.25) is 4.90 Å². The number of rotatable bonds is 2. The number of benzene rings is 1. The van der Waals surface area contributed by atoms with E-state index in [0.29, 0.717) is 0 Å². The Labute approximate surface area is 101 Å². The van der Waals surface area contributed by atoms with Crippen LogP contribution in [0.25, 0.3) is 0 Å². The highest BCUT2D eigenvalue weighted by atomic mass is 35.5. The Balaban J connectivity index is 2.45. The van der Waals surface area contributed by atoms with E-state index in [1.807, 2.05) is 18.2 Å². The van der Waals surface area contributed by atoms with Crippen LogP contribution in [0.5, 0.6) is 5.75 Å². The first-order chi connectivity index (χ1) is 7.65. The second-order valence-electron chi connectivity index (χ2n) is 4.23. The van der Waals surface area contributed by atoms with Crippen molar-refractivity contribution in [1.82, 2.24) is 4.90 Å². The fourth-order valence-electron chi connectivity index (χ4n) is 2.39. The van der Waals surface area contributed by atoms with Crippen molar-refractivity contribution in [2.75, 3.05) is 20.7 Å². The van der Waals surface area contributed by atoms with E-state index in [1.54, 1.807) is 7.11 Å². The molecule has 0 radical (unpaired) electrons. The summed E-state index contributed by atoms with van der Waals surface area (Å²) < 4.78 is 5.37. The van der Waals surface area contributed by atoms with E-state index in [1.165, 1.54) is 0 Å². The van der Waals surface area contributed by atoms with E-state index < -0.39 is 0 Å². The molecule has 2 unspecified atom stereocenters. The predicted molar refractivity (Wildman–Crippen MR) is 66.0 cm³/mol. The van der Waals surface area contributed by atoms with Gasteiger partial charge in [0.1, 0.15) is 5.75 Å². The van der Waals surface area contributed by atoms with Crippen LogP contribution in [0.4, 0.5) is 0 Å². The van der Waals surface area contributed by atoms with Gasteiger partial charge in [-0.2, -0.15) is 0 Å². The molecule has 88 valence electrons. The number of nitrogens with two attached hydrogens (primary N) is 1. The molecule has 2 rings (SSSR count). The molecular weight excluding hydrogens is 224 g/mol. The molecule has 0 aliphatic carbocycles. The largest absolute Gasteiger partial charge is 0.496 e. The molecule has 1 aromatic carbocycles. The van der Waals surface area contributed by atoms with Gasteiger partial charge in [0.25, 0.3) is 0 Å². The molecule has 1 heterocycles. The third-order valence-electron chi connectivity index (χ3n) is 3.22. The van der Waals surface area contributed by atoms with Gasteiger partial charge in [0.2, 0.25) is 0 Å². The summed E-state index contributed by atoms with van der Waals surface area (Å²) in [6, 6.07) is 5.99. The first kappa shape index (κ1) is 11.7. The standard InChI is InChI=1S/C12H17ClN2O/c1-15-7-6-9(14)12(15)11-8(13)4-3-5-10(11)16-2/h3-5,9,12H,6-7,14H2,1-2H3. The number of hydrogen-bond acceptors (Lipinski definition) is 3. The van der Waals surface area contributed by atoms with Gasteiger partial charge >= 0.3 is 0 Å². The van der Waals surface area contributed by atoms with Crippen molar-refractivity contribution in [3.63, 3.8) is 0 Å². The summed E-state index contributed by atoms with van der Waals surface area (Å²) in [4.78, 5) is 2.23. The van der Waals surface area contributed by atoms with Crippen molar-refractivity contribution in [1.29, 1.82) is 0 Å². The molecule has 2 atom stereocenters. The summed E-state index contributed by atoms with van der Waals surface area (Å²) in [6.07, 6.45) is 0.996. The van der Waals surface area contributed by atoms with Crippen LogP contribution >= 0.6 is 11.6 Å². The number of ether oxygens (including phenoxy) is 1. The van der Waals surface area contributed by atoms with Crippen molar-refractivity contribution in [3.8, 4) is 5.75 Å². The fraction of sp³-hybridized carbons (Fsp3) is 0.500. The van der Waals surface area contributed by atoms with E-state index in [4.69, 9.17) is 22.1 Å². The van der Waals surface area contributed by atoms with E-state index in [0.717, 1.165) is 29.3 Å². The van der Waals surface area contributed by atoms with Crippen LogP contribution in [-0.2, 0) is 0 Å². The van der Waals surface area contributed by atoms with Gasteiger partial charge in [0, 0.05) is 23.2 Å². The molecule has 0 amide bonds. The van der Waals surface area contributed by atoms with Gasteiger partial charge in [-0.15, -0.1) is 0 Å². The minimum absolute atomic E-state index is 0.124. The zero-order chi connectivity index (χ0) is 11.7. The maximum Gasteiger partial charge on any atom is 0.125 e. The Morgan fingerprint density at radius 2 is 2.25 bits per heavy atom. The minimum atomic E-state index is 0.124. The number of nitrogens with zero attached hydrogens (tertiary/aromatic N) is 1. The van der Waals surface area contributed by atoms with Gasteiger partial charge < -0.3 is 10.5 Å². The van der Waals surface area contributed by atoms with E-state index >= 15 is 0 Å². The quantitative estimate of drug-likeness (QED) is 0.860. The number of likely N-dealkylation sites (tertiary alicyclic amines) is 1. The van der Waals surface area contributed by atoms with Crippen LogP contribution in [0.3, 0.4) is 0 Å². The topological polar surface area (TPSA) is 38.5 Å². The van der Waals surface area contributed by atoms with Gasteiger partial charge in [0.15, 0.2) is 0 Å². The Bertz CT molecular complexity index is 373. The van der Waals surface area contributed by atoms with Gasteiger partial charge in [-0.1, -0.05) is 17.7 Å². The normalized spacial score (nSPS) is 26.0. The van der Waals surface area contributed by atoms with Crippen LogP contribution in [-0.4, -0.2) is 31.6 Å². The molecule has 1 aromatic rings. The lowest BCUT2D eigenvalue weighted by atomic mass is 10.00. The van der Waals surface area contributed by atoms with Gasteiger partial charge in [0.05, 0.1) is 13.2 Å². The van der Waals surface area contributed by atoms with Crippen LogP contribution in [0, 0.1) is 0 Å². The van der Waals surface area contributed by atoms with Crippen molar-refractivity contribution in [3.05, 3.63) is 28.8 Å². The first-order valence-corrected chi connectivity index (χ1v) is 5.81. The summed E-state index contributed by atoms with van der Waals surface area (Å²) in [5, 5.41) is 0.730. The van der Waals surface area contributed by atoms with Crippen LogP contribution in [0.2, 0.25) is 5.02 Å². The SMILES string of the molecule is COc1cccc(Cl)c1C1C(N)CCN1C. The highest BCUT2D eigenvalue weighted by Gasteiger charge is 2.33. The molecule has 1 aliphatic heterocycles. The lowest BCUT2D eigenvalue weighted by Gasteiger charge is -2.25. The smallest absolute Gasteiger partial charge is 0.125 e. The molecule has 3 nitrogen and oxygen atoms in total. The van der Waals surface area contributed by atoms with E-state index in [2.05, 4.69) is 11.9 Å². The van der Waals surface area contributed by atoms with Crippen LogP contribution in [0.1, 0.15) is 18.0 Å². The highest BCUT2D eigenvalue weighted by Crippen LogP contribution is 2.39. The maximum atomic E-state index is 6.26. The molecule has 0 spiro atoms. The monoisotopic (exact) mass is 240 g/mol. The zero-order valence-electron chi connectivity index (χ0n) is 9.61. The summed E-state index contributed by atoms with van der Waals surface area (Å²) in [6.45, 7) is 1.00. The number of methoxy groups -OCH3 is 1. The second kappa shape index (κ2) is 4.62. The Kier molecular flexibility index (Phi) is 3.38. The zero-order valence-corrected chi connectivity index (χ0v) is 10.4. The number of halogens is 1. The average Bonchev–Trinajstić information content (AvgIpc) is 2.59. The maximum absolute atomic E-state index is 6.26. The van der Waals surface area contributed by atoms with Gasteiger partial charge in [-0.25, -0.2) is 0 Å². The molecule has 1 fully saturated rings. The summed E-state index contributed by atoms with van der Waals surface area (Å²) in [5.41, 5.74) is 7.15. The number of likely N-dealkylation sites (N-methyl/N-ethyl adjacent to an activating group) is 1. The molecule has 4 heteroatoms. The fourth-order valence-corrected chi connectivity index (χ4v) is 2.67. The summed E-state index contributed by atoms with van der Waals surface area (Å²) in [7, 11) is 3.73. The average molecular weight is 241 g/mol. The molecular formula is C12H17ClN2O. The lowest BCUT2D eigenvalue weighted by molar-refractivity contribution is 0.293. The van der Waals surface area contributed by atoms with Crippen molar-refractivity contribution in [2.45, 2.75) is 18.5 Å². The molecule has 2 N–H and O–H groups in total. The van der Waals surface area contributed by atoms with Crippen molar-refractivity contribution >= 4 is 11.6 Å². The molecule has 0 aromatic heterocycles. The Morgan fingerprint density at radius 3 is 2.81 bits per heavy atom. The van der Waals surface area contributed by atoms with E-state index in [9.17, 15) is 0 Å². The van der Waals surface area contributed by atoms with E-state index in [-0.39, 0.29) is 12.1 Å². The van der Waals surface area contributed by atoms with Crippen LogP contribution < -0.4 is 10.5 Å². The summed E-state index contributed by atoms with van der Waals surface area (Å²) >= 11 is 6.26. The molecule has 0 saturated carbocycles. The predicted octanol–water partition coefficient (Wildman–Crippen LogP) is 2.05. The second-order valence-corrected chi connectivity index (χ2v) is 4.64. The lowest BCUT2D eigenvalue weighted by Crippen LogP contribution is -2.30. The van der Waals surface area contributed by atoms with Crippen molar-refractivity contribution < 1.29 is 4.74 Å². The third-order valence-corrected chi connectivity index (χ3v) is 3.55.